The molecule has 1 aromatic carbocycles. The third-order valence-corrected chi connectivity index (χ3v) is 3.60. The lowest BCUT2D eigenvalue weighted by molar-refractivity contribution is 0.0174. The fourth-order valence-electron chi connectivity index (χ4n) is 2.39. The van der Waals surface area contributed by atoms with E-state index >= 15 is 0 Å². The monoisotopic (exact) mass is 295 g/mol. The number of nitrogens with one attached hydrogen (secondary N) is 3. The van der Waals surface area contributed by atoms with E-state index in [1.165, 1.54) is 24.3 Å². The molecule has 1 fully saturated rings. The largest absolute Gasteiger partial charge is 0.387 e. The fourth-order valence-corrected chi connectivity index (χ4v) is 2.39. The summed E-state index contributed by atoms with van der Waals surface area (Å²) in [7, 11) is 0. The van der Waals surface area contributed by atoms with Gasteiger partial charge in [0.1, 0.15) is 5.82 Å². The highest BCUT2D eigenvalue weighted by molar-refractivity contribution is 5.94. The zero-order chi connectivity index (χ0) is 15.1. The number of aliphatic hydroxyl groups is 1. The number of rotatable bonds is 6. The van der Waals surface area contributed by atoms with Gasteiger partial charge < -0.3 is 21.1 Å². The summed E-state index contributed by atoms with van der Waals surface area (Å²) in [5.41, 5.74) is -0.259. The van der Waals surface area contributed by atoms with Crippen molar-refractivity contribution in [3.8, 4) is 0 Å². The number of hydrogen-bond donors (Lipinski definition) is 4. The molecule has 0 radical (unpaired) electrons. The molecule has 1 amide bonds. The minimum atomic E-state index is -0.695. The van der Waals surface area contributed by atoms with Gasteiger partial charge in [0.15, 0.2) is 0 Å². The second-order valence-corrected chi connectivity index (χ2v) is 5.44. The number of hydrogen-bond acceptors (Lipinski definition) is 4. The minimum absolute atomic E-state index is 0.227. The van der Waals surface area contributed by atoms with Crippen LogP contribution in [0.15, 0.2) is 24.3 Å². The third-order valence-electron chi connectivity index (χ3n) is 3.60. The molecule has 2 rings (SSSR count). The Labute approximate surface area is 123 Å². The van der Waals surface area contributed by atoms with Crippen molar-refractivity contribution >= 4 is 5.91 Å². The number of carbonyl (C=O) groups is 1. The van der Waals surface area contributed by atoms with Crippen LogP contribution in [0.25, 0.3) is 0 Å². The highest BCUT2D eigenvalue weighted by Gasteiger charge is 2.28. The standard InChI is InChI=1S/C15H22FN3O2/c16-13-4-2-12(3-5-13)14(20)19-9-8-18-11-15(21)6-1-7-17-10-15/h2-5,17-18,21H,1,6-11H2,(H,19,20). The van der Waals surface area contributed by atoms with Crippen molar-refractivity contribution in [1.29, 1.82) is 0 Å². The topological polar surface area (TPSA) is 73.4 Å². The van der Waals surface area contributed by atoms with Gasteiger partial charge in [0.25, 0.3) is 5.91 Å². The Morgan fingerprint density at radius 2 is 2.10 bits per heavy atom. The van der Waals surface area contributed by atoms with E-state index < -0.39 is 5.60 Å². The quantitative estimate of drug-likeness (QED) is 0.568. The summed E-state index contributed by atoms with van der Waals surface area (Å²) in [5.74, 6) is -0.586. The maximum Gasteiger partial charge on any atom is 0.251 e. The first-order chi connectivity index (χ1) is 10.1. The van der Waals surface area contributed by atoms with E-state index in [1.54, 1.807) is 0 Å². The predicted molar refractivity (Wildman–Crippen MR) is 78.7 cm³/mol. The molecular weight excluding hydrogens is 273 g/mol. The Bertz CT molecular complexity index is 458. The summed E-state index contributed by atoms with van der Waals surface area (Å²) in [6.07, 6.45) is 1.76. The molecule has 0 bridgehead atoms. The molecule has 0 aromatic heterocycles. The number of amides is 1. The van der Waals surface area contributed by atoms with Gasteiger partial charge in [-0.3, -0.25) is 4.79 Å². The van der Waals surface area contributed by atoms with Crippen molar-refractivity contribution in [1.82, 2.24) is 16.0 Å². The Morgan fingerprint density at radius 3 is 2.76 bits per heavy atom. The van der Waals surface area contributed by atoms with Crippen LogP contribution in [0.3, 0.4) is 0 Å². The molecule has 1 saturated heterocycles. The molecular formula is C15H22FN3O2. The first-order valence-electron chi connectivity index (χ1n) is 7.27. The number of carbonyl (C=O) groups excluding carboxylic acids is 1. The lowest BCUT2D eigenvalue weighted by Gasteiger charge is -2.32. The van der Waals surface area contributed by atoms with Gasteiger partial charge in [0, 0.05) is 31.7 Å². The molecule has 1 atom stereocenters. The van der Waals surface area contributed by atoms with Crippen molar-refractivity contribution in [3.63, 3.8) is 0 Å². The molecule has 1 heterocycles. The fraction of sp³-hybridized carbons (Fsp3) is 0.533. The molecule has 1 aliphatic rings. The average molecular weight is 295 g/mol. The van der Waals surface area contributed by atoms with Gasteiger partial charge in [0.05, 0.1) is 5.60 Å². The van der Waals surface area contributed by atoms with Crippen LogP contribution < -0.4 is 16.0 Å². The number of benzene rings is 1. The van der Waals surface area contributed by atoms with Crippen LogP contribution in [0.5, 0.6) is 0 Å². The molecule has 116 valence electrons. The van der Waals surface area contributed by atoms with Crippen molar-refractivity contribution < 1.29 is 14.3 Å². The normalized spacial score (nSPS) is 22.0. The number of piperidine rings is 1. The maximum absolute atomic E-state index is 12.7. The lowest BCUT2D eigenvalue weighted by Crippen LogP contribution is -2.52. The summed E-state index contributed by atoms with van der Waals surface area (Å²) in [6, 6.07) is 5.43. The van der Waals surface area contributed by atoms with Crippen LogP contribution in [-0.4, -0.2) is 49.3 Å². The second kappa shape index (κ2) is 7.49. The van der Waals surface area contributed by atoms with Crippen LogP contribution >= 0.6 is 0 Å². The average Bonchev–Trinajstić information content (AvgIpc) is 2.48. The molecule has 6 heteroatoms. The molecule has 1 aromatic rings. The van der Waals surface area contributed by atoms with Crippen molar-refractivity contribution in [3.05, 3.63) is 35.6 Å². The van der Waals surface area contributed by atoms with E-state index in [4.69, 9.17) is 0 Å². The molecule has 0 aliphatic carbocycles. The lowest BCUT2D eigenvalue weighted by atomic mass is 9.94. The predicted octanol–water partition coefficient (Wildman–Crippen LogP) is 0.260. The highest BCUT2D eigenvalue weighted by Crippen LogP contribution is 2.14. The molecule has 1 unspecified atom stereocenters. The first-order valence-corrected chi connectivity index (χ1v) is 7.27. The van der Waals surface area contributed by atoms with Gasteiger partial charge in [-0.1, -0.05) is 0 Å². The van der Waals surface area contributed by atoms with Crippen LogP contribution in [0.1, 0.15) is 23.2 Å². The Hall–Kier alpha value is -1.50. The summed E-state index contributed by atoms with van der Waals surface area (Å²) >= 11 is 0. The summed E-state index contributed by atoms with van der Waals surface area (Å²) in [6.45, 7) is 3.10. The van der Waals surface area contributed by atoms with Crippen molar-refractivity contribution in [2.24, 2.45) is 0 Å². The van der Waals surface area contributed by atoms with E-state index in [-0.39, 0.29) is 11.7 Å². The molecule has 1 aliphatic heterocycles. The van der Waals surface area contributed by atoms with Crippen molar-refractivity contribution in [2.75, 3.05) is 32.7 Å². The Morgan fingerprint density at radius 1 is 1.33 bits per heavy atom. The van der Waals surface area contributed by atoms with Crippen molar-refractivity contribution in [2.45, 2.75) is 18.4 Å². The van der Waals surface area contributed by atoms with Gasteiger partial charge in [-0.05, 0) is 43.7 Å². The van der Waals surface area contributed by atoms with Gasteiger partial charge in [0.2, 0.25) is 0 Å². The number of halogens is 1. The Balaban J connectivity index is 1.63. The summed E-state index contributed by atoms with van der Waals surface area (Å²) < 4.78 is 12.7. The van der Waals surface area contributed by atoms with Gasteiger partial charge in [-0.25, -0.2) is 4.39 Å². The molecule has 4 N–H and O–H groups in total. The summed E-state index contributed by atoms with van der Waals surface area (Å²) in [5, 5.41) is 19.3. The van der Waals surface area contributed by atoms with Gasteiger partial charge in [-0.15, -0.1) is 0 Å². The van der Waals surface area contributed by atoms with Gasteiger partial charge in [-0.2, -0.15) is 0 Å². The SMILES string of the molecule is O=C(NCCNCC1(O)CCCNC1)c1ccc(F)cc1. The molecule has 0 saturated carbocycles. The number of β-amino-alcohol motifs (C(OH)–C–C–N with tert-alkyl or cyclic N) is 1. The van der Waals surface area contributed by atoms with E-state index in [9.17, 15) is 14.3 Å². The third kappa shape index (κ3) is 5.08. The van der Waals surface area contributed by atoms with Crippen LogP contribution in [0.4, 0.5) is 4.39 Å². The van der Waals surface area contributed by atoms with E-state index in [2.05, 4.69) is 16.0 Å². The summed E-state index contributed by atoms with van der Waals surface area (Å²) in [4.78, 5) is 11.8. The van der Waals surface area contributed by atoms with Crippen LogP contribution in [0, 0.1) is 5.82 Å². The van der Waals surface area contributed by atoms with E-state index in [0.717, 1.165) is 19.4 Å². The highest BCUT2D eigenvalue weighted by atomic mass is 19.1. The van der Waals surface area contributed by atoms with Crippen LogP contribution in [0.2, 0.25) is 0 Å². The second-order valence-electron chi connectivity index (χ2n) is 5.44. The first kappa shape index (κ1) is 15.9. The smallest absolute Gasteiger partial charge is 0.251 e. The zero-order valence-corrected chi connectivity index (χ0v) is 12.0. The maximum atomic E-state index is 12.7. The molecule has 0 spiro atoms. The molecule has 5 nitrogen and oxygen atoms in total. The van der Waals surface area contributed by atoms with E-state index in [1.807, 2.05) is 0 Å². The minimum Gasteiger partial charge on any atom is -0.387 e. The molecule has 21 heavy (non-hydrogen) atoms. The zero-order valence-electron chi connectivity index (χ0n) is 12.0. The van der Waals surface area contributed by atoms with Gasteiger partial charge >= 0.3 is 0 Å². The van der Waals surface area contributed by atoms with E-state index in [0.29, 0.717) is 31.7 Å². The Kier molecular flexibility index (Phi) is 5.67. The van der Waals surface area contributed by atoms with Crippen LogP contribution in [-0.2, 0) is 0 Å².